The van der Waals surface area contributed by atoms with Crippen LogP contribution in [0.2, 0.25) is 0 Å². The van der Waals surface area contributed by atoms with Crippen molar-refractivity contribution >= 4 is 5.95 Å². The number of nitrogens with zero attached hydrogens (tertiary/aromatic N) is 4. The summed E-state index contributed by atoms with van der Waals surface area (Å²) in [5, 5.41) is 8.09. The smallest absolute Gasteiger partial charge is 0.226 e. The molecule has 0 unspecified atom stereocenters. The Morgan fingerprint density at radius 3 is 2.38 bits per heavy atom. The van der Waals surface area contributed by atoms with E-state index in [9.17, 15) is 0 Å². The maximum Gasteiger partial charge on any atom is 0.226 e. The van der Waals surface area contributed by atoms with Crippen LogP contribution in [0.25, 0.3) is 0 Å². The van der Waals surface area contributed by atoms with Gasteiger partial charge in [-0.1, -0.05) is 0 Å². The van der Waals surface area contributed by atoms with Gasteiger partial charge in [-0.3, -0.25) is 4.57 Å². The van der Waals surface area contributed by atoms with Crippen LogP contribution in [0.15, 0.2) is 0 Å². The highest BCUT2D eigenvalue weighted by Gasteiger charge is 2.14. The van der Waals surface area contributed by atoms with Gasteiger partial charge in [0.2, 0.25) is 5.95 Å². The second-order valence-corrected chi connectivity index (χ2v) is 3.48. The molecule has 13 heavy (non-hydrogen) atoms. The Labute approximate surface area is 78.5 Å². The molecule has 0 aromatic carbocycles. The lowest BCUT2D eigenvalue weighted by atomic mass is 10.4. The van der Waals surface area contributed by atoms with Gasteiger partial charge in [0.25, 0.3) is 0 Å². The molecule has 74 valence electrons. The van der Waals surface area contributed by atoms with Crippen molar-refractivity contribution in [1.82, 2.24) is 14.8 Å². The second kappa shape index (κ2) is 3.74. The largest absolute Gasteiger partial charge is 0.347 e. The standard InChI is InChI=1S/C8H17N5/c1-6(2)13-7(5-9)10-11-8(13)12(3)4/h6H,5,9H2,1-4H3. The van der Waals surface area contributed by atoms with Gasteiger partial charge in [-0.25, -0.2) is 0 Å². The molecule has 0 aliphatic rings. The van der Waals surface area contributed by atoms with Crippen LogP contribution in [-0.4, -0.2) is 28.9 Å². The van der Waals surface area contributed by atoms with Gasteiger partial charge >= 0.3 is 0 Å². The Morgan fingerprint density at radius 1 is 1.38 bits per heavy atom. The molecule has 0 radical (unpaired) electrons. The number of hydrogen-bond donors (Lipinski definition) is 1. The van der Waals surface area contributed by atoms with Crippen molar-refractivity contribution in [1.29, 1.82) is 0 Å². The molecule has 1 aromatic rings. The fourth-order valence-electron chi connectivity index (χ4n) is 1.29. The minimum atomic E-state index is 0.339. The van der Waals surface area contributed by atoms with Crippen molar-refractivity contribution in [2.75, 3.05) is 19.0 Å². The van der Waals surface area contributed by atoms with Crippen LogP contribution in [0.5, 0.6) is 0 Å². The van der Waals surface area contributed by atoms with Crippen molar-refractivity contribution in [3.63, 3.8) is 0 Å². The number of aromatic nitrogens is 3. The number of anilines is 1. The molecule has 0 aliphatic carbocycles. The molecule has 0 saturated heterocycles. The topological polar surface area (TPSA) is 60.0 Å². The fourth-order valence-corrected chi connectivity index (χ4v) is 1.29. The maximum atomic E-state index is 5.56. The van der Waals surface area contributed by atoms with E-state index >= 15 is 0 Å². The lowest BCUT2D eigenvalue weighted by Crippen LogP contribution is -2.18. The van der Waals surface area contributed by atoms with Crippen LogP contribution in [0.3, 0.4) is 0 Å². The lowest BCUT2D eigenvalue weighted by molar-refractivity contribution is 0.567. The highest BCUT2D eigenvalue weighted by molar-refractivity contribution is 5.28. The molecule has 1 heterocycles. The maximum absolute atomic E-state index is 5.56. The summed E-state index contributed by atoms with van der Waals surface area (Å²) in [5.74, 6) is 1.69. The van der Waals surface area contributed by atoms with Crippen molar-refractivity contribution < 1.29 is 0 Å². The van der Waals surface area contributed by atoms with Gasteiger partial charge in [0.1, 0.15) is 5.82 Å². The fraction of sp³-hybridized carbons (Fsp3) is 0.750. The van der Waals surface area contributed by atoms with Crippen LogP contribution in [0.4, 0.5) is 5.95 Å². The van der Waals surface area contributed by atoms with Crippen LogP contribution in [0.1, 0.15) is 25.7 Å². The van der Waals surface area contributed by atoms with Crippen molar-refractivity contribution in [3.05, 3.63) is 5.82 Å². The summed E-state index contributed by atoms with van der Waals surface area (Å²) >= 11 is 0. The molecule has 0 amide bonds. The Bertz CT molecular complexity index is 276. The molecule has 0 atom stereocenters. The molecular weight excluding hydrogens is 166 g/mol. The first-order valence-electron chi connectivity index (χ1n) is 4.39. The SMILES string of the molecule is CC(C)n1c(CN)nnc1N(C)C. The van der Waals surface area contributed by atoms with E-state index in [2.05, 4.69) is 24.0 Å². The van der Waals surface area contributed by atoms with E-state index in [-0.39, 0.29) is 0 Å². The van der Waals surface area contributed by atoms with Crippen molar-refractivity contribution in [3.8, 4) is 0 Å². The monoisotopic (exact) mass is 183 g/mol. The third kappa shape index (κ3) is 1.80. The van der Waals surface area contributed by atoms with E-state index in [4.69, 9.17) is 5.73 Å². The summed E-state index contributed by atoms with van der Waals surface area (Å²) in [6, 6.07) is 0.339. The van der Waals surface area contributed by atoms with E-state index in [0.29, 0.717) is 12.6 Å². The molecule has 5 nitrogen and oxygen atoms in total. The van der Waals surface area contributed by atoms with Crippen molar-refractivity contribution in [2.24, 2.45) is 5.73 Å². The summed E-state index contributed by atoms with van der Waals surface area (Å²) in [7, 11) is 3.90. The van der Waals surface area contributed by atoms with Gasteiger partial charge in [0, 0.05) is 20.1 Å². The zero-order valence-electron chi connectivity index (χ0n) is 8.65. The molecule has 0 fully saturated rings. The number of nitrogens with two attached hydrogens (primary N) is 1. The molecule has 1 rings (SSSR count). The van der Waals surface area contributed by atoms with Crippen LogP contribution in [0, 0.1) is 0 Å². The summed E-state index contributed by atoms with van der Waals surface area (Å²) in [4.78, 5) is 1.94. The predicted molar refractivity (Wildman–Crippen MR) is 52.6 cm³/mol. The van der Waals surface area contributed by atoms with E-state index in [0.717, 1.165) is 11.8 Å². The van der Waals surface area contributed by atoms with Gasteiger partial charge in [-0.15, -0.1) is 10.2 Å². The van der Waals surface area contributed by atoms with Gasteiger partial charge in [0.15, 0.2) is 0 Å². The molecule has 0 aliphatic heterocycles. The van der Waals surface area contributed by atoms with Gasteiger partial charge in [-0.05, 0) is 13.8 Å². The number of hydrogen-bond acceptors (Lipinski definition) is 4. The minimum Gasteiger partial charge on any atom is -0.347 e. The van der Waals surface area contributed by atoms with Gasteiger partial charge in [0.05, 0.1) is 6.54 Å². The van der Waals surface area contributed by atoms with Crippen LogP contribution in [-0.2, 0) is 6.54 Å². The Balaban J connectivity index is 3.14. The summed E-state index contributed by atoms with van der Waals surface area (Å²) in [5.41, 5.74) is 5.56. The van der Waals surface area contributed by atoms with Crippen LogP contribution >= 0.6 is 0 Å². The molecule has 0 bridgehead atoms. The minimum absolute atomic E-state index is 0.339. The third-order valence-electron chi connectivity index (χ3n) is 1.85. The van der Waals surface area contributed by atoms with E-state index in [1.165, 1.54) is 0 Å². The average molecular weight is 183 g/mol. The second-order valence-electron chi connectivity index (χ2n) is 3.48. The molecule has 1 aromatic heterocycles. The zero-order valence-corrected chi connectivity index (χ0v) is 8.65. The van der Waals surface area contributed by atoms with E-state index in [1.54, 1.807) is 0 Å². The Kier molecular flexibility index (Phi) is 2.87. The molecule has 5 heteroatoms. The molecular formula is C8H17N5. The molecule has 0 saturated carbocycles. The van der Waals surface area contributed by atoms with Gasteiger partial charge < -0.3 is 10.6 Å². The average Bonchev–Trinajstić information content (AvgIpc) is 2.46. The third-order valence-corrected chi connectivity index (χ3v) is 1.85. The van der Waals surface area contributed by atoms with E-state index < -0.39 is 0 Å². The first-order valence-corrected chi connectivity index (χ1v) is 4.39. The molecule has 2 N–H and O–H groups in total. The summed E-state index contributed by atoms with van der Waals surface area (Å²) in [6.07, 6.45) is 0. The Morgan fingerprint density at radius 2 is 2.00 bits per heavy atom. The van der Waals surface area contributed by atoms with Gasteiger partial charge in [-0.2, -0.15) is 0 Å². The first kappa shape index (κ1) is 9.98. The number of rotatable bonds is 3. The normalized spacial score (nSPS) is 10.9. The highest BCUT2D eigenvalue weighted by Crippen LogP contribution is 2.16. The Hall–Kier alpha value is -1.10. The first-order chi connectivity index (χ1) is 6.07. The zero-order chi connectivity index (χ0) is 10.0. The summed E-state index contributed by atoms with van der Waals surface area (Å²) < 4.78 is 2.04. The molecule has 0 spiro atoms. The highest BCUT2D eigenvalue weighted by atomic mass is 15.4. The predicted octanol–water partition coefficient (Wildman–Crippen LogP) is 0.384. The lowest BCUT2D eigenvalue weighted by Gasteiger charge is -2.17. The van der Waals surface area contributed by atoms with Crippen molar-refractivity contribution in [2.45, 2.75) is 26.4 Å². The summed E-state index contributed by atoms with van der Waals surface area (Å²) in [6.45, 7) is 4.62. The quantitative estimate of drug-likeness (QED) is 0.736. The van der Waals surface area contributed by atoms with E-state index in [1.807, 2.05) is 23.6 Å². The van der Waals surface area contributed by atoms with Crippen LogP contribution < -0.4 is 10.6 Å².